The lowest BCUT2D eigenvalue weighted by Gasteiger charge is -2.29. The summed E-state index contributed by atoms with van der Waals surface area (Å²) in [6.07, 6.45) is 0. The Morgan fingerprint density at radius 3 is 1.46 bits per heavy atom. The first-order valence-electron chi connectivity index (χ1n) is 19.2. The van der Waals surface area contributed by atoms with Crippen LogP contribution >= 0.6 is 0 Å². The molecule has 0 aliphatic rings. The number of furan rings is 1. The lowest BCUT2D eigenvalue weighted by molar-refractivity contribution is 0.672. The van der Waals surface area contributed by atoms with Gasteiger partial charge in [0, 0.05) is 33.1 Å². The van der Waals surface area contributed by atoms with Crippen molar-refractivity contribution in [3.05, 3.63) is 212 Å². The topological polar surface area (TPSA) is 16.4 Å². The Labute approximate surface area is 325 Å². The van der Waals surface area contributed by atoms with Gasteiger partial charge in [-0.3, -0.25) is 0 Å². The summed E-state index contributed by atoms with van der Waals surface area (Å²) in [5, 5.41) is 9.49. The van der Waals surface area contributed by atoms with E-state index in [1.54, 1.807) is 0 Å². The Hall–Kier alpha value is -7.42. The van der Waals surface area contributed by atoms with Crippen molar-refractivity contribution < 1.29 is 4.42 Å². The van der Waals surface area contributed by atoms with Gasteiger partial charge in [-0.25, -0.2) is 0 Å². The summed E-state index contributed by atoms with van der Waals surface area (Å²) < 4.78 is 6.53. The molecule has 0 saturated carbocycles. The van der Waals surface area contributed by atoms with E-state index in [9.17, 15) is 0 Å². The molecular formula is C54H35NO. The molecule has 2 heteroatoms. The molecule has 10 aromatic carbocycles. The fourth-order valence-corrected chi connectivity index (χ4v) is 8.59. The average molecular weight is 714 g/mol. The predicted octanol–water partition coefficient (Wildman–Crippen LogP) is 15.5. The van der Waals surface area contributed by atoms with Crippen molar-refractivity contribution in [2.45, 2.75) is 0 Å². The van der Waals surface area contributed by atoms with Crippen LogP contribution in [-0.2, 0) is 0 Å². The zero-order valence-electron chi connectivity index (χ0n) is 30.6. The second-order valence-electron chi connectivity index (χ2n) is 14.5. The number of benzene rings is 10. The minimum Gasteiger partial charge on any atom is -0.455 e. The maximum absolute atomic E-state index is 6.53. The molecule has 0 N–H and O–H groups in total. The molecule has 0 fully saturated rings. The Morgan fingerprint density at radius 1 is 0.304 bits per heavy atom. The van der Waals surface area contributed by atoms with Gasteiger partial charge in [-0.05, 0) is 103 Å². The summed E-state index contributed by atoms with van der Waals surface area (Å²) in [6, 6.07) is 76.6. The molecule has 0 amide bonds. The molecule has 1 heterocycles. The number of hydrogen-bond acceptors (Lipinski definition) is 2. The standard InChI is InChI=1S/C54H35NO/c1-4-22-44-36(13-1)16-11-26-46(44)39-18-9-20-42(33-39)55(43-21-10-19-40(34-43)47-27-12-17-37-14-2-5-23-45(37)47)52-28-8-7-24-48(52)41-30-32-53-51(35-41)50-31-29-38-15-3-6-25-49(38)54(50)56-53/h1-35H. The van der Waals surface area contributed by atoms with Crippen molar-refractivity contribution in [3.63, 3.8) is 0 Å². The number of nitrogens with zero attached hydrogens (tertiary/aromatic N) is 1. The third kappa shape index (κ3) is 5.34. The normalized spacial score (nSPS) is 11.6. The molecule has 2 nitrogen and oxygen atoms in total. The van der Waals surface area contributed by atoms with E-state index < -0.39 is 0 Å². The van der Waals surface area contributed by atoms with Crippen molar-refractivity contribution in [2.75, 3.05) is 4.90 Å². The highest BCUT2D eigenvalue weighted by atomic mass is 16.3. The summed E-state index contributed by atoms with van der Waals surface area (Å²) in [6.45, 7) is 0. The predicted molar refractivity (Wildman–Crippen MR) is 237 cm³/mol. The molecular weight excluding hydrogens is 679 g/mol. The number of anilines is 3. The largest absolute Gasteiger partial charge is 0.455 e. The van der Waals surface area contributed by atoms with Crippen molar-refractivity contribution >= 4 is 71.3 Å². The zero-order chi connectivity index (χ0) is 37.0. The minimum atomic E-state index is 0.889. The van der Waals surface area contributed by atoms with E-state index in [0.29, 0.717) is 0 Å². The third-order valence-corrected chi connectivity index (χ3v) is 11.2. The highest BCUT2D eigenvalue weighted by molar-refractivity contribution is 6.15. The van der Waals surface area contributed by atoms with Crippen molar-refractivity contribution in [1.82, 2.24) is 0 Å². The van der Waals surface area contributed by atoms with Gasteiger partial charge in [-0.1, -0.05) is 164 Å². The summed E-state index contributed by atoms with van der Waals surface area (Å²) in [7, 11) is 0. The SMILES string of the molecule is c1cc(-c2cccc3ccccc23)cc(N(c2cccc(-c3cccc4ccccc34)c2)c2ccccc2-c2ccc3oc4c5ccccc5ccc4c3c2)c1. The van der Waals surface area contributed by atoms with Gasteiger partial charge >= 0.3 is 0 Å². The third-order valence-electron chi connectivity index (χ3n) is 11.2. The van der Waals surface area contributed by atoms with Gasteiger partial charge < -0.3 is 9.32 Å². The Balaban J connectivity index is 1.12. The van der Waals surface area contributed by atoms with Gasteiger partial charge in [-0.2, -0.15) is 0 Å². The minimum absolute atomic E-state index is 0.889. The second-order valence-corrected chi connectivity index (χ2v) is 14.5. The number of fused-ring (bicyclic) bond motifs is 7. The molecule has 0 saturated heterocycles. The molecule has 1 aromatic heterocycles. The van der Waals surface area contributed by atoms with Gasteiger partial charge in [0.05, 0.1) is 5.69 Å². The smallest absolute Gasteiger partial charge is 0.143 e. The summed E-state index contributed by atoms with van der Waals surface area (Å²) in [4.78, 5) is 2.42. The van der Waals surface area contributed by atoms with E-state index in [2.05, 4.69) is 217 Å². The Bertz CT molecular complexity index is 3150. The number of para-hydroxylation sites is 1. The van der Waals surface area contributed by atoms with E-state index in [1.807, 2.05) is 0 Å². The molecule has 11 aromatic rings. The molecule has 0 unspecified atom stereocenters. The number of rotatable bonds is 6. The summed E-state index contributed by atoms with van der Waals surface area (Å²) in [5.41, 5.74) is 12.1. The van der Waals surface area contributed by atoms with Crippen LogP contribution in [-0.4, -0.2) is 0 Å². The second kappa shape index (κ2) is 13.2. The molecule has 0 aliphatic heterocycles. The quantitative estimate of drug-likeness (QED) is 0.171. The van der Waals surface area contributed by atoms with E-state index in [0.717, 1.165) is 55.5 Å². The van der Waals surface area contributed by atoms with Crippen LogP contribution < -0.4 is 4.90 Å². The first-order valence-corrected chi connectivity index (χ1v) is 19.2. The molecule has 0 radical (unpaired) electrons. The van der Waals surface area contributed by atoms with Crippen molar-refractivity contribution in [3.8, 4) is 33.4 Å². The lowest BCUT2D eigenvalue weighted by atomic mass is 9.96. The maximum Gasteiger partial charge on any atom is 0.143 e. The average Bonchev–Trinajstić information content (AvgIpc) is 3.65. The number of hydrogen-bond donors (Lipinski definition) is 0. The van der Waals surface area contributed by atoms with Crippen LogP contribution in [0.5, 0.6) is 0 Å². The van der Waals surface area contributed by atoms with E-state index in [1.165, 1.54) is 49.2 Å². The first-order chi connectivity index (χ1) is 27.8. The van der Waals surface area contributed by atoms with Gasteiger partial charge in [0.1, 0.15) is 11.2 Å². The van der Waals surface area contributed by atoms with E-state index >= 15 is 0 Å². The fourth-order valence-electron chi connectivity index (χ4n) is 8.59. The van der Waals surface area contributed by atoms with Crippen molar-refractivity contribution in [2.24, 2.45) is 0 Å². The molecule has 0 aliphatic carbocycles. The van der Waals surface area contributed by atoms with Crippen LogP contribution in [0.4, 0.5) is 17.1 Å². The highest BCUT2D eigenvalue weighted by Crippen LogP contribution is 2.45. The molecule has 262 valence electrons. The van der Waals surface area contributed by atoms with Gasteiger partial charge in [-0.15, -0.1) is 0 Å². The van der Waals surface area contributed by atoms with Crippen LogP contribution in [0.1, 0.15) is 0 Å². The van der Waals surface area contributed by atoms with Gasteiger partial charge in [0.25, 0.3) is 0 Å². The molecule has 0 spiro atoms. The fraction of sp³-hybridized carbons (Fsp3) is 0. The summed E-state index contributed by atoms with van der Waals surface area (Å²) in [5.74, 6) is 0. The lowest BCUT2D eigenvalue weighted by Crippen LogP contribution is -2.11. The monoisotopic (exact) mass is 713 g/mol. The summed E-state index contributed by atoms with van der Waals surface area (Å²) >= 11 is 0. The van der Waals surface area contributed by atoms with Crippen LogP contribution in [0.25, 0.3) is 87.6 Å². The molecule has 0 bridgehead atoms. The maximum atomic E-state index is 6.53. The van der Waals surface area contributed by atoms with Crippen LogP contribution in [0.2, 0.25) is 0 Å². The first kappa shape index (κ1) is 32.0. The Morgan fingerprint density at radius 2 is 0.804 bits per heavy atom. The van der Waals surface area contributed by atoms with E-state index in [-0.39, 0.29) is 0 Å². The zero-order valence-corrected chi connectivity index (χ0v) is 30.6. The van der Waals surface area contributed by atoms with Crippen molar-refractivity contribution in [1.29, 1.82) is 0 Å². The van der Waals surface area contributed by atoms with Gasteiger partial charge in [0.2, 0.25) is 0 Å². The van der Waals surface area contributed by atoms with Crippen LogP contribution in [0.15, 0.2) is 217 Å². The molecule has 56 heavy (non-hydrogen) atoms. The van der Waals surface area contributed by atoms with E-state index in [4.69, 9.17) is 4.42 Å². The van der Waals surface area contributed by atoms with Crippen LogP contribution in [0, 0.1) is 0 Å². The van der Waals surface area contributed by atoms with Gasteiger partial charge in [0.15, 0.2) is 0 Å². The molecule has 11 rings (SSSR count). The highest BCUT2D eigenvalue weighted by Gasteiger charge is 2.20. The molecule has 0 atom stereocenters. The van der Waals surface area contributed by atoms with Crippen LogP contribution in [0.3, 0.4) is 0 Å². The Kier molecular flexibility index (Phi) is 7.53.